The van der Waals surface area contributed by atoms with Crippen molar-refractivity contribution in [2.24, 2.45) is 0 Å². The highest BCUT2D eigenvalue weighted by molar-refractivity contribution is 5.86. The Labute approximate surface area is 109 Å². The number of H-pyrrole nitrogens is 1. The molecule has 2 N–H and O–H groups in total. The summed E-state index contributed by atoms with van der Waals surface area (Å²) < 4.78 is 0. The van der Waals surface area contributed by atoms with E-state index >= 15 is 0 Å². The van der Waals surface area contributed by atoms with Crippen molar-refractivity contribution in [2.45, 2.75) is 45.1 Å². The van der Waals surface area contributed by atoms with Crippen LogP contribution >= 0.6 is 0 Å². The summed E-state index contributed by atoms with van der Waals surface area (Å²) in [5, 5.41) is 4.87. The van der Waals surface area contributed by atoms with Crippen molar-refractivity contribution in [1.82, 2.24) is 10.3 Å². The van der Waals surface area contributed by atoms with Gasteiger partial charge in [0, 0.05) is 22.6 Å². The molecule has 0 aliphatic heterocycles. The molecule has 18 heavy (non-hydrogen) atoms. The molecule has 2 heteroatoms. The van der Waals surface area contributed by atoms with Gasteiger partial charge in [0.1, 0.15) is 0 Å². The molecule has 1 aromatic carbocycles. The van der Waals surface area contributed by atoms with Crippen LogP contribution in [-0.2, 0) is 6.42 Å². The van der Waals surface area contributed by atoms with E-state index in [4.69, 9.17) is 0 Å². The molecule has 0 fully saturated rings. The lowest BCUT2D eigenvalue weighted by Crippen LogP contribution is -2.21. The van der Waals surface area contributed by atoms with Crippen LogP contribution in [0.5, 0.6) is 0 Å². The monoisotopic (exact) mass is 242 g/mol. The molecule has 0 bridgehead atoms. The van der Waals surface area contributed by atoms with Gasteiger partial charge in [0.2, 0.25) is 0 Å². The first-order valence-electron chi connectivity index (χ1n) is 7.02. The van der Waals surface area contributed by atoms with Gasteiger partial charge in [-0.25, -0.2) is 0 Å². The van der Waals surface area contributed by atoms with E-state index in [1.165, 1.54) is 47.0 Å². The lowest BCUT2D eigenvalue weighted by molar-refractivity contribution is 0.489. The number of benzene rings is 1. The molecule has 0 saturated carbocycles. The minimum Gasteiger partial charge on any atom is -0.357 e. The highest BCUT2D eigenvalue weighted by Crippen LogP contribution is 2.35. The van der Waals surface area contributed by atoms with Crippen molar-refractivity contribution in [3.8, 4) is 0 Å². The van der Waals surface area contributed by atoms with E-state index in [0.29, 0.717) is 12.0 Å². The largest absolute Gasteiger partial charge is 0.357 e. The van der Waals surface area contributed by atoms with E-state index in [1.54, 1.807) is 0 Å². The molecule has 2 aromatic rings. The third-order valence-electron chi connectivity index (χ3n) is 4.25. The molecule has 2 nitrogen and oxygen atoms in total. The number of aromatic amines is 1. The van der Waals surface area contributed by atoms with E-state index in [1.807, 2.05) is 0 Å². The average molecular weight is 242 g/mol. The number of rotatable bonds is 2. The summed E-state index contributed by atoms with van der Waals surface area (Å²) in [6, 6.07) is 7.38. The highest BCUT2D eigenvalue weighted by Gasteiger charge is 2.23. The van der Waals surface area contributed by atoms with Crippen molar-refractivity contribution in [1.29, 1.82) is 0 Å². The van der Waals surface area contributed by atoms with Gasteiger partial charge < -0.3 is 10.3 Å². The molecule has 1 heterocycles. The topological polar surface area (TPSA) is 27.8 Å². The van der Waals surface area contributed by atoms with Gasteiger partial charge in [0.15, 0.2) is 0 Å². The van der Waals surface area contributed by atoms with Crippen LogP contribution in [0.1, 0.15) is 55.5 Å². The highest BCUT2D eigenvalue weighted by atomic mass is 14.9. The molecule has 96 valence electrons. The summed E-state index contributed by atoms with van der Waals surface area (Å²) in [5.74, 6) is 0.601. The van der Waals surface area contributed by atoms with Crippen LogP contribution in [0.25, 0.3) is 10.9 Å². The summed E-state index contributed by atoms with van der Waals surface area (Å²) in [4.78, 5) is 3.62. The molecule has 1 unspecified atom stereocenters. The standard InChI is InChI=1S/C16H22N2/c1-10(2)11-7-8-14-13(9-11)12-5-4-6-15(17-3)16(12)18-14/h7-10,15,17-18H,4-6H2,1-3H3. The Hall–Kier alpha value is -1.28. The van der Waals surface area contributed by atoms with E-state index in [-0.39, 0.29) is 0 Å². The Bertz CT molecular complexity index is 566. The molecule has 3 rings (SSSR count). The lowest BCUT2D eigenvalue weighted by Gasteiger charge is -2.21. The van der Waals surface area contributed by atoms with Gasteiger partial charge in [0.05, 0.1) is 0 Å². The number of hydrogen-bond donors (Lipinski definition) is 2. The fourth-order valence-electron chi connectivity index (χ4n) is 3.13. The Kier molecular flexibility index (Phi) is 2.90. The third kappa shape index (κ3) is 1.76. The van der Waals surface area contributed by atoms with Gasteiger partial charge in [-0.05, 0) is 55.5 Å². The quantitative estimate of drug-likeness (QED) is 0.821. The van der Waals surface area contributed by atoms with Gasteiger partial charge in [0.25, 0.3) is 0 Å². The molecular formula is C16H22N2. The summed E-state index contributed by atoms with van der Waals surface area (Å²) >= 11 is 0. The summed E-state index contributed by atoms with van der Waals surface area (Å²) in [5.41, 5.74) is 5.69. The van der Waals surface area contributed by atoms with Gasteiger partial charge in [-0.1, -0.05) is 19.9 Å². The number of fused-ring (bicyclic) bond motifs is 3. The second-order valence-electron chi connectivity index (χ2n) is 5.71. The van der Waals surface area contributed by atoms with Gasteiger partial charge in [-0.2, -0.15) is 0 Å². The molecule has 0 amide bonds. The molecule has 1 aromatic heterocycles. The molecule has 1 atom stereocenters. The minimum atomic E-state index is 0.503. The van der Waals surface area contributed by atoms with Crippen LogP contribution in [0.3, 0.4) is 0 Å². The van der Waals surface area contributed by atoms with Crippen LogP contribution in [0.2, 0.25) is 0 Å². The van der Waals surface area contributed by atoms with E-state index in [0.717, 1.165) is 0 Å². The van der Waals surface area contributed by atoms with E-state index < -0.39 is 0 Å². The van der Waals surface area contributed by atoms with Crippen LogP contribution < -0.4 is 5.32 Å². The van der Waals surface area contributed by atoms with Gasteiger partial charge in [-0.15, -0.1) is 0 Å². The molecule has 1 aliphatic carbocycles. The zero-order valence-electron chi connectivity index (χ0n) is 11.5. The number of nitrogens with one attached hydrogen (secondary N) is 2. The zero-order chi connectivity index (χ0) is 12.7. The Morgan fingerprint density at radius 3 is 2.89 bits per heavy atom. The molecule has 1 aliphatic rings. The Morgan fingerprint density at radius 2 is 2.17 bits per heavy atom. The van der Waals surface area contributed by atoms with Gasteiger partial charge >= 0.3 is 0 Å². The fourth-order valence-corrected chi connectivity index (χ4v) is 3.13. The SMILES string of the molecule is CNC1CCCc2c1[nH]c1ccc(C(C)C)cc21. The zero-order valence-corrected chi connectivity index (χ0v) is 11.5. The van der Waals surface area contributed by atoms with Crippen molar-refractivity contribution >= 4 is 10.9 Å². The second kappa shape index (κ2) is 4.43. The summed E-state index contributed by atoms with van der Waals surface area (Å²) in [6.45, 7) is 4.52. The fraction of sp³-hybridized carbons (Fsp3) is 0.500. The maximum absolute atomic E-state index is 3.62. The van der Waals surface area contributed by atoms with Crippen molar-refractivity contribution < 1.29 is 0 Å². The third-order valence-corrected chi connectivity index (χ3v) is 4.25. The van der Waals surface area contributed by atoms with Crippen molar-refractivity contribution in [3.05, 3.63) is 35.0 Å². The number of aromatic nitrogens is 1. The predicted molar refractivity (Wildman–Crippen MR) is 77.1 cm³/mol. The summed E-state index contributed by atoms with van der Waals surface area (Å²) in [7, 11) is 2.06. The maximum Gasteiger partial charge on any atom is 0.0473 e. The first-order chi connectivity index (χ1) is 8.70. The number of aryl methyl sites for hydroxylation is 1. The van der Waals surface area contributed by atoms with Crippen LogP contribution in [0, 0.1) is 0 Å². The van der Waals surface area contributed by atoms with Crippen LogP contribution in [0.15, 0.2) is 18.2 Å². The minimum absolute atomic E-state index is 0.503. The molecule has 0 saturated heterocycles. The van der Waals surface area contributed by atoms with E-state index in [9.17, 15) is 0 Å². The smallest absolute Gasteiger partial charge is 0.0473 e. The number of hydrogen-bond acceptors (Lipinski definition) is 1. The first-order valence-corrected chi connectivity index (χ1v) is 7.02. The van der Waals surface area contributed by atoms with Crippen LogP contribution in [-0.4, -0.2) is 12.0 Å². The van der Waals surface area contributed by atoms with Crippen molar-refractivity contribution in [2.75, 3.05) is 7.05 Å². The Morgan fingerprint density at radius 1 is 1.33 bits per heavy atom. The van der Waals surface area contributed by atoms with Crippen LogP contribution in [0.4, 0.5) is 0 Å². The first kappa shape index (κ1) is 11.8. The maximum atomic E-state index is 3.62. The second-order valence-corrected chi connectivity index (χ2v) is 5.71. The predicted octanol–water partition coefficient (Wildman–Crippen LogP) is 3.89. The van der Waals surface area contributed by atoms with Gasteiger partial charge in [-0.3, -0.25) is 0 Å². The normalized spacial score (nSPS) is 19.4. The van der Waals surface area contributed by atoms with Crippen molar-refractivity contribution in [3.63, 3.8) is 0 Å². The molecular weight excluding hydrogens is 220 g/mol. The molecule has 0 radical (unpaired) electrons. The molecule has 0 spiro atoms. The summed E-state index contributed by atoms with van der Waals surface area (Å²) in [6.07, 6.45) is 3.75. The Balaban J connectivity index is 2.18. The van der Waals surface area contributed by atoms with E-state index in [2.05, 4.69) is 49.4 Å². The lowest BCUT2D eigenvalue weighted by atomic mass is 9.91. The average Bonchev–Trinajstić information content (AvgIpc) is 2.76.